The number of anilines is 1. The standard InChI is InChI=1S/C15H20N4OS/c1-9(2)8-16-15-18-17-13(21-15)11-7-10-5-4-6-12(10)19(3)14(11)20/h7,9H,4-6,8H2,1-3H3,(H,16,18). The first kappa shape index (κ1) is 14.3. The first-order valence-electron chi connectivity index (χ1n) is 7.35. The van der Waals surface area contributed by atoms with Crippen molar-refractivity contribution in [2.75, 3.05) is 11.9 Å². The lowest BCUT2D eigenvalue weighted by Crippen LogP contribution is -2.22. The van der Waals surface area contributed by atoms with Crippen molar-refractivity contribution < 1.29 is 0 Å². The fourth-order valence-electron chi connectivity index (χ4n) is 2.68. The summed E-state index contributed by atoms with van der Waals surface area (Å²) in [4.78, 5) is 12.5. The Morgan fingerprint density at radius 3 is 2.95 bits per heavy atom. The topological polar surface area (TPSA) is 59.8 Å². The summed E-state index contributed by atoms with van der Waals surface area (Å²) < 4.78 is 1.78. The minimum atomic E-state index is 0.0298. The zero-order valence-corrected chi connectivity index (χ0v) is 13.5. The number of rotatable bonds is 4. The highest BCUT2D eigenvalue weighted by atomic mass is 32.1. The largest absolute Gasteiger partial charge is 0.360 e. The highest BCUT2D eigenvalue weighted by molar-refractivity contribution is 7.18. The Morgan fingerprint density at radius 2 is 2.19 bits per heavy atom. The highest BCUT2D eigenvalue weighted by Crippen LogP contribution is 2.28. The number of nitrogens with one attached hydrogen (secondary N) is 1. The molecule has 0 saturated carbocycles. The van der Waals surface area contributed by atoms with Crippen LogP contribution in [0.5, 0.6) is 0 Å². The Bertz CT molecular complexity index is 717. The molecule has 0 bridgehead atoms. The van der Waals surface area contributed by atoms with E-state index in [1.807, 2.05) is 13.1 Å². The maximum atomic E-state index is 12.5. The van der Waals surface area contributed by atoms with Crippen LogP contribution in [-0.4, -0.2) is 21.3 Å². The summed E-state index contributed by atoms with van der Waals surface area (Å²) in [5.41, 5.74) is 3.15. The van der Waals surface area contributed by atoms with Crippen LogP contribution in [0.25, 0.3) is 10.6 Å². The van der Waals surface area contributed by atoms with Crippen LogP contribution >= 0.6 is 11.3 Å². The quantitative estimate of drug-likeness (QED) is 0.942. The maximum Gasteiger partial charge on any atom is 0.260 e. The molecule has 2 heterocycles. The van der Waals surface area contributed by atoms with E-state index in [1.165, 1.54) is 22.6 Å². The molecule has 3 rings (SSSR count). The molecular weight excluding hydrogens is 284 g/mol. The molecule has 6 heteroatoms. The first-order chi connectivity index (χ1) is 10.1. The van der Waals surface area contributed by atoms with Crippen molar-refractivity contribution in [2.45, 2.75) is 33.1 Å². The molecule has 0 spiro atoms. The summed E-state index contributed by atoms with van der Waals surface area (Å²) in [6.07, 6.45) is 3.18. The van der Waals surface area contributed by atoms with Crippen LogP contribution < -0.4 is 10.9 Å². The number of fused-ring (bicyclic) bond motifs is 1. The fourth-order valence-corrected chi connectivity index (χ4v) is 3.44. The first-order valence-corrected chi connectivity index (χ1v) is 8.17. The van der Waals surface area contributed by atoms with Gasteiger partial charge in [-0.05, 0) is 36.8 Å². The summed E-state index contributed by atoms with van der Waals surface area (Å²) >= 11 is 1.45. The van der Waals surface area contributed by atoms with Gasteiger partial charge in [-0.3, -0.25) is 4.79 Å². The number of pyridine rings is 1. The molecule has 0 saturated heterocycles. The van der Waals surface area contributed by atoms with E-state index >= 15 is 0 Å². The highest BCUT2D eigenvalue weighted by Gasteiger charge is 2.19. The molecule has 5 nitrogen and oxygen atoms in total. The zero-order valence-electron chi connectivity index (χ0n) is 12.6. The molecule has 0 unspecified atom stereocenters. The smallest absolute Gasteiger partial charge is 0.260 e. The van der Waals surface area contributed by atoms with E-state index in [9.17, 15) is 4.79 Å². The monoisotopic (exact) mass is 304 g/mol. The van der Waals surface area contributed by atoms with E-state index in [1.54, 1.807) is 4.57 Å². The van der Waals surface area contributed by atoms with Crippen molar-refractivity contribution in [3.8, 4) is 10.6 Å². The molecule has 0 radical (unpaired) electrons. The molecule has 0 aliphatic heterocycles. The van der Waals surface area contributed by atoms with E-state index in [-0.39, 0.29) is 5.56 Å². The van der Waals surface area contributed by atoms with Gasteiger partial charge in [-0.2, -0.15) is 0 Å². The van der Waals surface area contributed by atoms with E-state index < -0.39 is 0 Å². The lowest BCUT2D eigenvalue weighted by molar-refractivity contribution is 0.687. The van der Waals surface area contributed by atoms with Gasteiger partial charge in [0.2, 0.25) is 5.13 Å². The van der Waals surface area contributed by atoms with Crippen molar-refractivity contribution in [1.82, 2.24) is 14.8 Å². The van der Waals surface area contributed by atoms with Crippen LogP contribution in [0.4, 0.5) is 5.13 Å². The van der Waals surface area contributed by atoms with Crippen LogP contribution in [-0.2, 0) is 19.9 Å². The van der Waals surface area contributed by atoms with Crippen LogP contribution in [0.2, 0.25) is 0 Å². The van der Waals surface area contributed by atoms with Crippen molar-refractivity contribution >= 4 is 16.5 Å². The Morgan fingerprint density at radius 1 is 1.38 bits per heavy atom. The molecule has 1 aliphatic carbocycles. The average molecular weight is 304 g/mol. The zero-order chi connectivity index (χ0) is 15.0. The number of aromatic nitrogens is 3. The molecule has 112 valence electrons. The second-order valence-electron chi connectivity index (χ2n) is 5.93. The average Bonchev–Trinajstić information content (AvgIpc) is 3.09. The number of nitrogens with zero attached hydrogens (tertiary/aromatic N) is 3. The van der Waals surface area contributed by atoms with Crippen molar-refractivity contribution in [3.05, 3.63) is 27.7 Å². The molecule has 0 atom stereocenters. The summed E-state index contributed by atoms with van der Waals surface area (Å²) in [5, 5.41) is 13.1. The van der Waals surface area contributed by atoms with Gasteiger partial charge >= 0.3 is 0 Å². The summed E-state index contributed by atoms with van der Waals surface area (Å²) in [6, 6.07) is 2.01. The predicted molar refractivity (Wildman–Crippen MR) is 85.9 cm³/mol. The summed E-state index contributed by atoms with van der Waals surface area (Å²) in [6.45, 7) is 5.15. The molecule has 21 heavy (non-hydrogen) atoms. The maximum absolute atomic E-state index is 12.5. The fraction of sp³-hybridized carbons (Fsp3) is 0.533. The number of aryl methyl sites for hydroxylation is 1. The summed E-state index contributed by atoms with van der Waals surface area (Å²) in [5.74, 6) is 0.546. The van der Waals surface area contributed by atoms with E-state index in [4.69, 9.17) is 0 Å². The van der Waals surface area contributed by atoms with Crippen LogP contribution in [0.3, 0.4) is 0 Å². The second kappa shape index (κ2) is 5.60. The molecule has 1 aliphatic rings. The van der Waals surface area contributed by atoms with Gasteiger partial charge in [0.15, 0.2) is 5.01 Å². The molecule has 2 aromatic rings. The third-order valence-electron chi connectivity index (χ3n) is 3.81. The second-order valence-corrected chi connectivity index (χ2v) is 6.91. The van der Waals surface area contributed by atoms with Crippen molar-refractivity contribution in [3.63, 3.8) is 0 Å². The van der Waals surface area contributed by atoms with E-state index in [2.05, 4.69) is 29.4 Å². The molecular formula is C15H20N4OS. The van der Waals surface area contributed by atoms with Gasteiger partial charge in [0.1, 0.15) is 0 Å². The van der Waals surface area contributed by atoms with Crippen molar-refractivity contribution in [2.24, 2.45) is 13.0 Å². The van der Waals surface area contributed by atoms with Gasteiger partial charge in [0, 0.05) is 19.3 Å². The molecule has 0 aromatic carbocycles. The normalized spacial score (nSPS) is 13.7. The summed E-state index contributed by atoms with van der Waals surface area (Å²) in [7, 11) is 1.86. The van der Waals surface area contributed by atoms with Crippen LogP contribution in [0.1, 0.15) is 31.5 Å². The third kappa shape index (κ3) is 2.72. The minimum Gasteiger partial charge on any atom is -0.360 e. The number of hydrogen-bond acceptors (Lipinski definition) is 5. The lowest BCUT2D eigenvalue weighted by atomic mass is 10.1. The Kier molecular flexibility index (Phi) is 3.80. The Balaban J connectivity index is 1.94. The Hall–Kier alpha value is -1.69. The van der Waals surface area contributed by atoms with Gasteiger partial charge in [-0.15, -0.1) is 10.2 Å². The molecule has 1 N–H and O–H groups in total. The van der Waals surface area contributed by atoms with E-state index in [0.717, 1.165) is 30.9 Å². The molecule has 0 fully saturated rings. The van der Waals surface area contributed by atoms with E-state index in [0.29, 0.717) is 16.5 Å². The van der Waals surface area contributed by atoms with Gasteiger partial charge in [0.25, 0.3) is 5.56 Å². The number of hydrogen-bond donors (Lipinski definition) is 1. The van der Waals surface area contributed by atoms with Crippen molar-refractivity contribution in [1.29, 1.82) is 0 Å². The Labute approximate surface area is 128 Å². The van der Waals surface area contributed by atoms with Crippen LogP contribution in [0, 0.1) is 5.92 Å². The lowest BCUT2D eigenvalue weighted by Gasteiger charge is -2.08. The van der Waals surface area contributed by atoms with Gasteiger partial charge in [-0.25, -0.2) is 0 Å². The third-order valence-corrected chi connectivity index (χ3v) is 4.72. The SMILES string of the molecule is CC(C)CNc1nnc(-c2cc3c(n(C)c2=O)CCC3)s1. The van der Waals surface area contributed by atoms with Gasteiger partial charge in [-0.1, -0.05) is 25.2 Å². The molecule has 2 aromatic heterocycles. The van der Waals surface area contributed by atoms with Gasteiger partial charge < -0.3 is 9.88 Å². The van der Waals surface area contributed by atoms with Gasteiger partial charge in [0.05, 0.1) is 5.56 Å². The predicted octanol–water partition coefficient (Wildman–Crippen LogP) is 2.46. The molecule has 0 amide bonds. The minimum absolute atomic E-state index is 0.0298. The van der Waals surface area contributed by atoms with Crippen LogP contribution in [0.15, 0.2) is 10.9 Å².